The molecule has 1 fully saturated rings. The predicted molar refractivity (Wildman–Crippen MR) is 72.5 cm³/mol. The molecule has 1 heterocycles. The molecule has 0 amide bonds. The van der Waals surface area contributed by atoms with E-state index in [9.17, 15) is 12.8 Å². The molecule has 1 aliphatic heterocycles. The molecule has 1 aliphatic rings. The fraction of sp³-hybridized carbons (Fsp3) is 0.455. The molecule has 7 heteroatoms. The van der Waals surface area contributed by atoms with Gasteiger partial charge in [0.15, 0.2) is 0 Å². The zero-order valence-electron chi connectivity index (χ0n) is 9.62. The van der Waals surface area contributed by atoms with Gasteiger partial charge in [-0.15, -0.1) is 0 Å². The molecule has 0 spiro atoms. The Morgan fingerprint density at radius 3 is 2.94 bits per heavy atom. The van der Waals surface area contributed by atoms with Crippen LogP contribution in [0.25, 0.3) is 0 Å². The van der Waals surface area contributed by atoms with Crippen LogP contribution in [-0.2, 0) is 10.0 Å². The SMILES string of the molecule is O=S(=O)(CC1CCCN1)Nc1cc(F)ccc1Br. The van der Waals surface area contributed by atoms with E-state index in [1.54, 1.807) is 0 Å². The number of halogens is 2. The van der Waals surface area contributed by atoms with E-state index in [0.717, 1.165) is 25.5 Å². The highest BCUT2D eigenvalue weighted by molar-refractivity contribution is 9.10. The minimum Gasteiger partial charge on any atom is -0.313 e. The van der Waals surface area contributed by atoms with E-state index in [1.165, 1.54) is 12.1 Å². The quantitative estimate of drug-likeness (QED) is 0.885. The van der Waals surface area contributed by atoms with Gasteiger partial charge in [-0.2, -0.15) is 0 Å². The summed E-state index contributed by atoms with van der Waals surface area (Å²) in [6.45, 7) is 0.851. The summed E-state index contributed by atoms with van der Waals surface area (Å²) < 4.78 is 39.8. The Bertz CT molecular complexity index is 530. The van der Waals surface area contributed by atoms with E-state index < -0.39 is 15.8 Å². The highest BCUT2D eigenvalue weighted by Gasteiger charge is 2.22. The van der Waals surface area contributed by atoms with Gasteiger partial charge in [0.05, 0.1) is 11.4 Å². The summed E-state index contributed by atoms with van der Waals surface area (Å²) in [7, 11) is -3.47. The largest absolute Gasteiger partial charge is 0.313 e. The lowest BCUT2D eigenvalue weighted by atomic mass is 10.3. The number of hydrogen-bond acceptors (Lipinski definition) is 3. The summed E-state index contributed by atoms with van der Waals surface area (Å²) in [5.41, 5.74) is 0.230. The summed E-state index contributed by atoms with van der Waals surface area (Å²) in [4.78, 5) is 0. The molecule has 1 aromatic carbocycles. The van der Waals surface area contributed by atoms with Gasteiger partial charge in [0.1, 0.15) is 5.82 Å². The average Bonchev–Trinajstić information content (AvgIpc) is 2.75. The number of rotatable bonds is 4. The van der Waals surface area contributed by atoms with Gasteiger partial charge < -0.3 is 5.32 Å². The number of anilines is 1. The van der Waals surface area contributed by atoms with Gasteiger partial charge in [0.2, 0.25) is 10.0 Å². The second-order valence-electron chi connectivity index (χ2n) is 4.30. The third-order valence-corrected chi connectivity index (χ3v) is 4.84. The van der Waals surface area contributed by atoms with Crippen LogP contribution in [0.2, 0.25) is 0 Å². The maximum absolute atomic E-state index is 13.1. The van der Waals surface area contributed by atoms with Gasteiger partial charge in [-0.05, 0) is 53.5 Å². The van der Waals surface area contributed by atoms with Crippen molar-refractivity contribution in [3.05, 3.63) is 28.5 Å². The lowest BCUT2D eigenvalue weighted by molar-refractivity contribution is 0.581. The number of benzene rings is 1. The van der Waals surface area contributed by atoms with E-state index in [-0.39, 0.29) is 17.5 Å². The van der Waals surface area contributed by atoms with Crippen LogP contribution >= 0.6 is 15.9 Å². The number of hydrogen-bond donors (Lipinski definition) is 2. The van der Waals surface area contributed by atoms with Gasteiger partial charge >= 0.3 is 0 Å². The third kappa shape index (κ3) is 3.66. The first-order chi connectivity index (χ1) is 8.46. The lowest BCUT2D eigenvalue weighted by Crippen LogP contribution is -2.32. The van der Waals surface area contributed by atoms with Crippen LogP contribution < -0.4 is 10.0 Å². The van der Waals surface area contributed by atoms with E-state index in [4.69, 9.17) is 0 Å². The Balaban J connectivity index is 2.09. The van der Waals surface area contributed by atoms with Gasteiger partial charge in [-0.1, -0.05) is 0 Å². The summed E-state index contributed by atoms with van der Waals surface area (Å²) in [5.74, 6) is -0.467. The van der Waals surface area contributed by atoms with Gasteiger partial charge in [0, 0.05) is 10.5 Å². The monoisotopic (exact) mass is 336 g/mol. The van der Waals surface area contributed by atoms with Gasteiger partial charge in [-0.3, -0.25) is 4.72 Å². The van der Waals surface area contributed by atoms with Crippen molar-refractivity contribution in [2.45, 2.75) is 18.9 Å². The smallest absolute Gasteiger partial charge is 0.234 e. The fourth-order valence-corrected chi connectivity index (χ4v) is 3.83. The van der Waals surface area contributed by atoms with Crippen molar-refractivity contribution >= 4 is 31.6 Å². The van der Waals surface area contributed by atoms with Crippen molar-refractivity contribution in [1.82, 2.24) is 5.32 Å². The first-order valence-corrected chi connectivity index (χ1v) is 8.10. The molecular formula is C11H14BrFN2O2S. The van der Waals surface area contributed by atoms with E-state index in [0.29, 0.717) is 4.47 Å². The topological polar surface area (TPSA) is 58.2 Å². The van der Waals surface area contributed by atoms with E-state index in [1.807, 2.05) is 0 Å². The first kappa shape index (κ1) is 13.8. The normalized spacial score (nSPS) is 20.0. The average molecular weight is 337 g/mol. The Morgan fingerprint density at radius 1 is 1.50 bits per heavy atom. The molecule has 2 rings (SSSR count). The molecule has 0 saturated carbocycles. The standard InChI is InChI=1S/C11H14BrFN2O2S/c12-10-4-3-8(13)6-11(10)15-18(16,17)7-9-2-1-5-14-9/h3-4,6,9,14-15H,1-2,5,7H2. The van der Waals surface area contributed by atoms with Crippen molar-refractivity contribution in [1.29, 1.82) is 0 Å². The van der Waals surface area contributed by atoms with Crippen LogP contribution in [-0.4, -0.2) is 26.8 Å². The molecule has 1 unspecified atom stereocenters. The zero-order valence-corrected chi connectivity index (χ0v) is 12.0. The summed E-state index contributed by atoms with van der Waals surface area (Å²) in [6.07, 6.45) is 1.84. The van der Waals surface area contributed by atoms with Crippen LogP contribution in [0, 0.1) is 5.82 Å². The fourth-order valence-electron chi connectivity index (χ4n) is 1.95. The minimum absolute atomic E-state index is 0.00987. The molecule has 1 atom stereocenters. The second-order valence-corrected chi connectivity index (χ2v) is 6.92. The van der Waals surface area contributed by atoms with E-state index in [2.05, 4.69) is 26.0 Å². The highest BCUT2D eigenvalue weighted by atomic mass is 79.9. The van der Waals surface area contributed by atoms with Crippen LogP contribution in [0.3, 0.4) is 0 Å². The predicted octanol–water partition coefficient (Wildman–Crippen LogP) is 2.08. The first-order valence-electron chi connectivity index (χ1n) is 5.65. The molecule has 18 heavy (non-hydrogen) atoms. The molecule has 100 valence electrons. The molecule has 0 aliphatic carbocycles. The third-order valence-electron chi connectivity index (χ3n) is 2.78. The Hall–Kier alpha value is -0.660. The summed E-state index contributed by atoms with van der Waals surface area (Å²) in [6, 6.07) is 3.88. The van der Waals surface area contributed by atoms with Crippen molar-refractivity contribution in [3.8, 4) is 0 Å². The molecule has 0 radical (unpaired) electrons. The zero-order chi connectivity index (χ0) is 13.2. The van der Waals surface area contributed by atoms with Crippen LogP contribution in [0.4, 0.5) is 10.1 Å². The summed E-state index contributed by atoms with van der Waals surface area (Å²) >= 11 is 3.19. The van der Waals surface area contributed by atoms with Crippen LogP contribution in [0.5, 0.6) is 0 Å². The van der Waals surface area contributed by atoms with Gasteiger partial charge in [0.25, 0.3) is 0 Å². The van der Waals surface area contributed by atoms with Crippen molar-refractivity contribution in [2.24, 2.45) is 0 Å². The van der Waals surface area contributed by atoms with Crippen LogP contribution in [0.15, 0.2) is 22.7 Å². The number of sulfonamides is 1. The van der Waals surface area contributed by atoms with Crippen molar-refractivity contribution < 1.29 is 12.8 Å². The van der Waals surface area contributed by atoms with Crippen molar-refractivity contribution in [2.75, 3.05) is 17.0 Å². The highest BCUT2D eigenvalue weighted by Crippen LogP contribution is 2.24. The maximum Gasteiger partial charge on any atom is 0.234 e. The van der Waals surface area contributed by atoms with Crippen LogP contribution in [0.1, 0.15) is 12.8 Å². The Kier molecular flexibility index (Phi) is 4.24. The molecular weight excluding hydrogens is 323 g/mol. The molecule has 1 saturated heterocycles. The molecule has 2 N–H and O–H groups in total. The van der Waals surface area contributed by atoms with Crippen molar-refractivity contribution in [3.63, 3.8) is 0 Å². The molecule has 1 aromatic rings. The molecule has 0 aromatic heterocycles. The lowest BCUT2D eigenvalue weighted by Gasteiger charge is -2.13. The molecule has 0 bridgehead atoms. The van der Waals surface area contributed by atoms with Gasteiger partial charge in [-0.25, -0.2) is 12.8 Å². The Morgan fingerprint density at radius 2 is 2.28 bits per heavy atom. The maximum atomic E-state index is 13.1. The number of nitrogens with one attached hydrogen (secondary N) is 2. The molecule has 4 nitrogen and oxygen atoms in total. The Labute approximate surface area is 114 Å². The minimum atomic E-state index is -3.47. The summed E-state index contributed by atoms with van der Waals surface area (Å²) in [5, 5.41) is 3.12. The van der Waals surface area contributed by atoms with E-state index >= 15 is 0 Å². The second kappa shape index (κ2) is 5.54.